The number of hydrogen-bond donors (Lipinski definition) is 2. The summed E-state index contributed by atoms with van der Waals surface area (Å²) < 4.78 is 78.9. The molecule has 26 heavy (non-hydrogen) atoms. The van der Waals surface area contributed by atoms with Crippen molar-refractivity contribution in [2.75, 3.05) is 5.32 Å². The van der Waals surface area contributed by atoms with E-state index >= 15 is 0 Å². The van der Waals surface area contributed by atoms with Crippen LogP contribution in [-0.2, 0) is 4.84 Å². The Morgan fingerprint density at radius 3 is 2.23 bits per heavy atom. The summed E-state index contributed by atoms with van der Waals surface area (Å²) in [7, 11) is 0. The van der Waals surface area contributed by atoms with Crippen LogP contribution in [0.2, 0.25) is 5.02 Å². The number of oxime groups is 1. The molecule has 0 unspecified atom stereocenters. The van der Waals surface area contributed by atoms with Crippen molar-refractivity contribution in [3.63, 3.8) is 0 Å². The second-order valence-corrected chi connectivity index (χ2v) is 5.40. The number of amides is 2. The molecule has 0 aromatic carbocycles. The largest absolute Gasteiger partial charge is 0.461 e. The summed E-state index contributed by atoms with van der Waals surface area (Å²) in [6, 6.07) is 0.349. The fourth-order valence-corrected chi connectivity index (χ4v) is 1.51. The van der Waals surface area contributed by atoms with Gasteiger partial charge in [0.15, 0.2) is 0 Å². The Labute approximate surface area is 152 Å². The summed E-state index contributed by atoms with van der Waals surface area (Å²) in [5.41, 5.74) is -5.13. The van der Waals surface area contributed by atoms with Crippen LogP contribution in [-0.4, -0.2) is 34.3 Å². The van der Waals surface area contributed by atoms with E-state index in [1.807, 2.05) is 0 Å². The van der Waals surface area contributed by atoms with Crippen LogP contribution in [0.1, 0.15) is 13.3 Å². The van der Waals surface area contributed by atoms with Crippen LogP contribution in [0, 0.1) is 0 Å². The molecule has 0 saturated heterocycles. The topological polar surface area (TPSA) is 75.6 Å². The van der Waals surface area contributed by atoms with E-state index in [9.17, 15) is 31.1 Å². The van der Waals surface area contributed by atoms with E-state index in [1.165, 1.54) is 13.0 Å². The maximum Gasteiger partial charge on any atom is 0.461 e. The molecule has 1 aromatic heterocycles. The van der Waals surface area contributed by atoms with Gasteiger partial charge in [0.25, 0.3) is 0 Å². The van der Waals surface area contributed by atoms with Gasteiger partial charge in [-0.3, -0.25) is 10.6 Å². The first-order valence-electron chi connectivity index (χ1n) is 6.57. The SMILES string of the molecule is CC/C(Cl)=N\OC(NC(=O)Nc1ccc(Cl)cn1)(C(F)(F)F)C(F)(F)F. The predicted octanol–water partition coefficient (Wildman–Crippen LogP) is 4.66. The number of anilines is 1. The van der Waals surface area contributed by atoms with Gasteiger partial charge in [-0.15, -0.1) is 0 Å². The van der Waals surface area contributed by atoms with E-state index in [-0.39, 0.29) is 17.3 Å². The lowest BCUT2D eigenvalue weighted by Crippen LogP contribution is -2.69. The van der Waals surface area contributed by atoms with E-state index < -0.39 is 29.3 Å². The summed E-state index contributed by atoms with van der Waals surface area (Å²) in [5, 5.41) is 4.42. The molecule has 0 bridgehead atoms. The summed E-state index contributed by atoms with van der Waals surface area (Å²) in [6.45, 7) is 1.31. The Bertz CT molecular complexity index is 649. The Hall–Kier alpha value is -1.95. The molecule has 1 heterocycles. The Morgan fingerprint density at radius 1 is 1.23 bits per heavy atom. The zero-order valence-electron chi connectivity index (χ0n) is 12.7. The lowest BCUT2D eigenvalue weighted by Gasteiger charge is -2.34. The van der Waals surface area contributed by atoms with Gasteiger partial charge in [0.05, 0.1) is 5.02 Å². The first-order chi connectivity index (χ1) is 11.8. The third-order valence-corrected chi connectivity index (χ3v) is 3.19. The van der Waals surface area contributed by atoms with Crippen LogP contribution in [0.15, 0.2) is 23.5 Å². The average Bonchev–Trinajstić information content (AvgIpc) is 2.50. The molecule has 0 spiro atoms. The zero-order chi connectivity index (χ0) is 20.2. The van der Waals surface area contributed by atoms with Gasteiger partial charge in [-0.25, -0.2) is 9.78 Å². The first-order valence-corrected chi connectivity index (χ1v) is 7.32. The van der Waals surface area contributed by atoms with Crippen LogP contribution in [0.3, 0.4) is 0 Å². The van der Waals surface area contributed by atoms with Gasteiger partial charge in [-0.05, 0) is 12.1 Å². The first kappa shape index (κ1) is 22.1. The molecule has 1 aromatic rings. The van der Waals surface area contributed by atoms with Gasteiger partial charge in [0.1, 0.15) is 11.0 Å². The lowest BCUT2D eigenvalue weighted by molar-refractivity contribution is -0.388. The third kappa shape index (κ3) is 5.27. The van der Waals surface area contributed by atoms with Crippen molar-refractivity contribution in [2.45, 2.75) is 31.4 Å². The van der Waals surface area contributed by atoms with Gasteiger partial charge in [0, 0.05) is 12.6 Å². The summed E-state index contributed by atoms with van der Waals surface area (Å²) in [6.07, 6.45) is -11.4. The van der Waals surface area contributed by atoms with Crippen LogP contribution in [0.4, 0.5) is 37.0 Å². The highest BCUT2D eigenvalue weighted by Crippen LogP contribution is 2.44. The zero-order valence-corrected chi connectivity index (χ0v) is 14.2. The number of alkyl halides is 6. The van der Waals surface area contributed by atoms with Gasteiger partial charge >= 0.3 is 24.1 Å². The van der Waals surface area contributed by atoms with Crippen LogP contribution in [0.5, 0.6) is 0 Å². The number of urea groups is 1. The van der Waals surface area contributed by atoms with Crippen molar-refractivity contribution in [1.29, 1.82) is 0 Å². The number of nitrogens with zero attached hydrogens (tertiary/aromatic N) is 2. The number of pyridine rings is 1. The lowest BCUT2D eigenvalue weighted by atomic mass is 10.2. The van der Waals surface area contributed by atoms with Crippen molar-refractivity contribution >= 4 is 40.2 Å². The van der Waals surface area contributed by atoms with Crippen LogP contribution in [0.25, 0.3) is 0 Å². The molecule has 14 heteroatoms. The number of carbonyl (C=O) groups excluding carboxylic acids is 1. The fourth-order valence-electron chi connectivity index (χ4n) is 1.37. The molecule has 1 rings (SSSR count). The maximum absolute atomic E-state index is 13.1. The molecule has 0 saturated carbocycles. The summed E-state index contributed by atoms with van der Waals surface area (Å²) in [5.74, 6) is -0.361. The average molecular weight is 427 g/mol. The molecule has 146 valence electrons. The minimum atomic E-state index is -6.12. The number of halogens is 8. The summed E-state index contributed by atoms with van der Waals surface area (Å²) in [4.78, 5) is 18.8. The van der Waals surface area contributed by atoms with E-state index in [2.05, 4.69) is 15.0 Å². The van der Waals surface area contributed by atoms with Crippen molar-refractivity contribution in [2.24, 2.45) is 5.16 Å². The minimum Gasteiger partial charge on any atom is -0.346 e. The molecule has 0 aliphatic rings. The number of hydrogen-bond acceptors (Lipinski definition) is 4. The quantitative estimate of drug-likeness (QED) is 0.311. The Kier molecular flexibility index (Phi) is 6.94. The van der Waals surface area contributed by atoms with E-state index in [4.69, 9.17) is 23.2 Å². The molecule has 2 N–H and O–H groups in total. The van der Waals surface area contributed by atoms with Crippen molar-refractivity contribution < 1.29 is 36.0 Å². The second kappa shape index (κ2) is 8.16. The predicted molar refractivity (Wildman–Crippen MR) is 80.9 cm³/mol. The van der Waals surface area contributed by atoms with Gasteiger partial charge in [-0.2, -0.15) is 26.3 Å². The van der Waals surface area contributed by atoms with E-state index in [0.717, 1.165) is 12.3 Å². The molecular weight excluding hydrogens is 417 g/mol. The molecule has 0 aliphatic heterocycles. The Balaban J connectivity index is 3.18. The number of carbonyl (C=O) groups is 1. The monoisotopic (exact) mass is 426 g/mol. The van der Waals surface area contributed by atoms with Crippen molar-refractivity contribution in [3.8, 4) is 0 Å². The van der Waals surface area contributed by atoms with Gasteiger partial charge in [0.2, 0.25) is 0 Å². The van der Waals surface area contributed by atoms with Gasteiger partial charge in [-0.1, -0.05) is 35.3 Å². The van der Waals surface area contributed by atoms with Gasteiger partial charge < -0.3 is 4.84 Å². The molecule has 6 nitrogen and oxygen atoms in total. The second-order valence-electron chi connectivity index (χ2n) is 4.53. The molecule has 0 radical (unpaired) electrons. The fraction of sp³-hybridized carbons (Fsp3) is 0.417. The Morgan fingerprint density at radius 2 is 1.81 bits per heavy atom. The molecular formula is C12H10Cl2F6N4O2. The molecule has 0 atom stereocenters. The van der Waals surface area contributed by atoms with Crippen molar-refractivity contribution in [1.82, 2.24) is 10.3 Å². The minimum absolute atomic E-state index is 0.128. The smallest absolute Gasteiger partial charge is 0.346 e. The molecule has 0 fully saturated rings. The number of aromatic nitrogens is 1. The number of rotatable bonds is 5. The van der Waals surface area contributed by atoms with E-state index in [0.29, 0.717) is 5.32 Å². The highest BCUT2D eigenvalue weighted by atomic mass is 35.5. The molecule has 2 amide bonds. The third-order valence-electron chi connectivity index (χ3n) is 2.63. The standard InChI is InChI=1S/C12H10Cl2F6N4O2/c1-2-7(14)24-26-10(11(15,16)17,12(18,19)20)23-9(25)22-8-4-3-6(13)5-21-8/h3-5H,2H2,1H3,(H2,21,22,23,25)/b24-7+. The van der Waals surface area contributed by atoms with Crippen LogP contribution >= 0.6 is 23.2 Å². The van der Waals surface area contributed by atoms with Crippen LogP contribution < -0.4 is 10.6 Å². The normalized spacial score (nSPS) is 13.3. The van der Waals surface area contributed by atoms with Crippen molar-refractivity contribution in [3.05, 3.63) is 23.4 Å². The molecule has 0 aliphatic carbocycles. The highest BCUT2D eigenvalue weighted by molar-refractivity contribution is 6.65. The number of nitrogens with one attached hydrogen (secondary N) is 2. The summed E-state index contributed by atoms with van der Waals surface area (Å²) >= 11 is 10.8. The van der Waals surface area contributed by atoms with E-state index in [1.54, 1.807) is 5.32 Å². The maximum atomic E-state index is 13.1. The highest BCUT2D eigenvalue weighted by Gasteiger charge is 2.76.